The fourth-order valence-electron chi connectivity index (χ4n) is 5.59. The maximum Gasteiger partial charge on any atom is 0.338 e. The van der Waals surface area contributed by atoms with E-state index >= 15 is 0 Å². The van der Waals surface area contributed by atoms with E-state index < -0.39 is 17.6 Å². The maximum atomic E-state index is 14.5. The molecule has 6 rings (SSSR count). The van der Waals surface area contributed by atoms with Gasteiger partial charge in [0, 0.05) is 17.2 Å². The molecule has 0 N–H and O–H groups in total. The molecule has 3 heterocycles. The number of rotatable bonds is 6. The Balaban J connectivity index is 1.72. The van der Waals surface area contributed by atoms with Crippen molar-refractivity contribution in [3.63, 3.8) is 0 Å². The van der Waals surface area contributed by atoms with Crippen molar-refractivity contribution in [2.75, 3.05) is 18.6 Å². The van der Waals surface area contributed by atoms with Gasteiger partial charge in [-0.25, -0.2) is 9.79 Å². The van der Waals surface area contributed by atoms with Crippen LogP contribution < -0.4 is 24.5 Å². The van der Waals surface area contributed by atoms with Gasteiger partial charge >= 0.3 is 5.97 Å². The van der Waals surface area contributed by atoms with Gasteiger partial charge in [0.15, 0.2) is 4.80 Å². The first-order chi connectivity index (χ1) is 20.3. The lowest BCUT2D eigenvalue weighted by molar-refractivity contribution is -0.138. The molecule has 0 aliphatic carbocycles. The predicted molar refractivity (Wildman–Crippen MR) is 162 cm³/mol. The Morgan fingerprint density at radius 2 is 1.74 bits per heavy atom. The summed E-state index contributed by atoms with van der Waals surface area (Å²) < 4.78 is 12.8. The van der Waals surface area contributed by atoms with Crippen LogP contribution in [0.2, 0.25) is 0 Å². The third kappa shape index (κ3) is 4.37. The maximum absolute atomic E-state index is 14.5. The van der Waals surface area contributed by atoms with E-state index in [1.54, 1.807) is 31.1 Å². The van der Waals surface area contributed by atoms with Crippen molar-refractivity contribution in [1.82, 2.24) is 4.57 Å². The number of carbonyl (C=O) groups excluding carboxylic acids is 2. The molecule has 8 nitrogen and oxygen atoms in total. The van der Waals surface area contributed by atoms with Gasteiger partial charge in [0.25, 0.3) is 11.5 Å². The number of aromatic nitrogens is 1. The number of methoxy groups -OCH3 is 1. The molecule has 1 amide bonds. The second-order valence-corrected chi connectivity index (χ2v) is 11.2. The van der Waals surface area contributed by atoms with Crippen LogP contribution in [-0.2, 0) is 14.3 Å². The number of hydrogen-bond acceptors (Lipinski definition) is 7. The number of amides is 1. The topological polar surface area (TPSA) is 90.2 Å². The van der Waals surface area contributed by atoms with Gasteiger partial charge in [-0.05, 0) is 44.5 Å². The fraction of sp³-hybridized carbons (Fsp3) is 0.212. The number of esters is 1. The highest BCUT2D eigenvalue weighted by molar-refractivity contribution is 7.07. The van der Waals surface area contributed by atoms with Crippen molar-refractivity contribution in [3.05, 3.63) is 121 Å². The SMILES string of the molecule is CCOC(=O)C1=C(c2ccccc2)N=c2s/c(=C3/C(=O)N(C(C)C)c4ccccc43)c(=O)n2[C@H]1c1cccc(OC)c1. The van der Waals surface area contributed by atoms with Gasteiger partial charge in [-0.15, -0.1) is 0 Å². The summed E-state index contributed by atoms with van der Waals surface area (Å²) in [6.07, 6.45) is 0. The molecule has 2 aliphatic rings. The number of anilines is 1. The normalized spacial score (nSPS) is 17.2. The van der Waals surface area contributed by atoms with Crippen molar-refractivity contribution in [2.24, 2.45) is 4.99 Å². The molecule has 1 aromatic heterocycles. The third-order valence-electron chi connectivity index (χ3n) is 7.37. The van der Waals surface area contributed by atoms with E-state index in [1.165, 1.54) is 4.57 Å². The number of carbonyl (C=O) groups is 2. The van der Waals surface area contributed by atoms with Crippen LogP contribution in [-0.4, -0.2) is 36.2 Å². The molecule has 0 saturated heterocycles. The van der Waals surface area contributed by atoms with Crippen LogP contribution in [0.4, 0.5) is 5.69 Å². The first-order valence-corrected chi connectivity index (χ1v) is 14.5. The molecule has 0 saturated carbocycles. The van der Waals surface area contributed by atoms with Crippen molar-refractivity contribution in [3.8, 4) is 5.75 Å². The number of ether oxygens (including phenoxy) is 2. The molecule has 1 atom stereocenters. The van der Waals surface area contributed by atoms with E-state index in [1.807, 2.05) is 80.6 Å². The molecule has 42 heavy (non-hydrogen) atoms. The summed E-state index contributed by atoms with van der Waals surface area (Å²) >= 11 is 1.16. The zero-order chi connectivity index (χ0) is 29.5. The van der Waals surface area contributed by atoms with Crippen molar-refractivity contribution >= 4 is 40.2 Å². The molecule has 0 spiro atoms. The molecule has 0 bridgehead atoms. The second kappa shape index (κ2) is 10.9. The summed E-state index contributed by atoms with van der Waals surface area (Å²) in [6, 6.07) is 23.1. The standard InChI is InChI=1S/C33H29N3O5S/c1-5-41-32(39)26-27(20-12-7-6-8-13-20)34-33-36(28(26)21-14-11-15-22(18-21)40-4)31(38)29(42-33)25-23-16-9-10-17-24(23)35(19(2)3)30(25)37/h6-19,28H,5H2,1-4H3/b29-25+/t28-/m0/s1. The second-order valence-electron chi connectivity index (χ2n) is 10.2. The molecule has 9 heteroatoms. The summed E-state index contributed by atoms with van der Waals surface area (Å²) in [7, 11) is 1.56. The molecule has 0 unspecified atom stereocenters. The average Bonchev–Trinajstić information content (AvgIpc) is 3.48. The lowest BCUT2D eigenvalue weighted by Crippen LogP contribution is -2.41. The molecular formula is C33H29N3O5S. The van der Waals surface area contributed by atoms with Crippen LogP contribution in [0.1, 0.15) is 43.5 Å². The number of nitrogens with zero attached hydrogens (tertiary/aromatic N) is 3. The zero-order valence-electron chi connectivity index (χ0n) is 23.7. The summed E-state index contributed by atoms with van der Waals surface area (Å²) in [4.78, 5) is 49.0. The Morgan fingerprint density at radius 3 is 2.45 bits per heavy atom. The highest BCUT2D eigenvalue weighted by Gasteiger charge is 2.39. The molecule has 0 radical (unpaired) electrons. The van der Waals surface area contributed by atoms with Crippen LogP contribution in [0, 0.1) is 0 Å². The highest BCUT2D eigenvalue weighted by Crippen LogP contribution is 2.38. The van der Waals surface area contributed by atoms with E-state index in [-0.39, 0.29) is 28.7 Å². The monoisotopic (exact) mass is 579 g/mol. The molecular weight excluding hydrogens is 550 g/mol. The Bertz CT molecular complexity index is 1940. The Labute approximate surface area is 246 Å². The van der Waals surface area contributed by atoms with Gasteiger partial charge in [-0.1, -0.05) is 72.0 Å². The fourth-order valence-corrected chi connectivity index (χ4v) is 6.68. The minimum atomic E-state index is -0.868. The third-order valence-corrected chi connectivity index (χ3v) is 8.42. The molecule has 0 fully saturated rings. The lowest BCUT2D eigenvalue weighted by atomic mass is 9.93. The van der Waals surface area contributed by atoms with E-state index in [9.17, 15) is 14.4 Å². The van der Waals surface area contributed by atoms with Crippen molar-refractivity contribution in [1.29, 1.82) is 0 Å². The van der Waals surface area contributed by atoms with E-state index in [0.717, 1.165) is 17.0 Å². The van der Waals surface area contributed by atoms with Crippen LogP contribution in [0.3, 0.4) is 0 Å². The highest BCUT2D eigenvalue weighted by atomic mass is 32.1. The van der Waals surface area contributed by atoms with Gasteiger partial charge in [0.2, 0.25) is 0 Å². The van der Waals surface area contributed by atoms with E-state index in [4.69, 9.17) is 14.5 Å². The summed E-state index contributed by atoms with van der Waals surface area (Å²) in [6.45, 7) is 5.78. The van der Waals surface area contributed by atoms with Gasteiger partial charge in [0.05, 0.1) is 42.3 Å². The van der Waals surface area contributed by atoms with Crippen LogP contribution >= 0.6 is 11.3 Å². The van der Waals surface area contributed by atoms with Gasteiger partial charge < -0.3 is 14.4 Å². The lowest BCUT2D eigenvalue weighted by Gasteiger charge is -2.26. The molecule has 3 aromatic carbocycles. The smallest absolute Gasteiger partial charge is 0.338 e. The van der Waals surface area contributed by atoms with Crippen molar-refractivity contribution in [2.45, 2.75) is 32.9 Å². The Morgan fingerprint density at radius 1 is 1.00 bits per heavy atom. The molecule has 2 aliphatic heterocycles. The summed E-state index contributed by atoms with van der Waals surface area (Å²) in [5.74, 6) is -0.229. The van der Waals surface area contributed by atoms with E-state index in [2.05, 4.69) is 0 Å². The molecule has 212 valence electrons. The predicted octanol–water partition coefficient (Wildman–Crippen LogP) is 4.07. The molecule has 4 aromatic rings. The number of para-hydroxylation sites is 1. The largest absolute Gasteiger partial charge is 0.497 e. The van der Waals surface area contributed by atoms with Crippen molar-refractivity contribution < 1.29 is 19.1 Å². The van der Waals surface area contributed by atoms with Crippen LogP contribution in [0.5, 0.6) is 5.75 Å². The Kier molecular flexibility index (Phi) is 7.12. The summed E-state index contributed by atoms with van der Waals surface area (Å²) in [5.41, 5.74) is 3.43. The number of thiazole rings is 1. The summed E-state index contributed by atoms with van der Waals surface area (Å²) in [5, 5.41) is 0. The van der Waals surface area contributed by atoms with Gasteiger partial charge in [-0.2, -0.15) is 0 Å². The van der Waals surface area contributed by atoms with Crippen LogP contribution in [0.15, 0.2) is 94.2 Å². The average molecular weight is 580 g/mol. The minimum Gasteiger partial charge on any atom is -0.497 e. The zero-order valence-corrected chi connectivity index (χ0v) is 24.5. The van der Waals surface area contributed by atoms with E-state index in [0.29, 0.717) is 38.5 Å². The number of benzene rings is 3. The first-order valence-electron chi connectivity index (χ1n) is 13.7. The minimum absolute atomic E-state index is 0.107. The van der Waals surface area contributed by atoms with Gasteiger partial charge in [-0.3, -0.25) is 14.2 Å². The van der Waals surface area contributed by atoms with Gasteiger partial charge in [0.1, 0.15) is 10.3 Å². The number of fused-ring (bicyclic) bond motifs is 2. The Hall–Kier alpha value is -4.76. The van der Waals surface area contributed by atoms with Crippen LogP contribution in [0.25, 0.3) is 11.3 Å². The number of hydrogen-bond donors (Lipinski definition) is 0. The first kappa shape index (κ1) is 27.4. The quantitative estimate of drug-likeness (QED) is 0.322.